The van der Waals surface area contributed by atoms with E-state index in [2.05, 4.69) is 10.3 Å². The van der Waals surface area contributed by atoms with E-state index in [4.69, 9.17) is 0 Å². The molecule has 0 saturated carbocycles. The molecule has 2 aromatic heterocycles. The van der Waals surface area contributed by atoms with Crippen LogP contribution in [0.1, 0.15) is 22.6 Å². The number of amides is 2. The summed E-state index contributed by atoms with van der Waals surface area (Å²) >= 11 is 0. The maximum atomic E-state index is 12.5. The maximum absolute atomic E-state index is 12.5. The van der Waals surface area contributed by atoms with Gasteiger partial charge in [-0.1, -0.05) is 12.1 Å². The number of carbonyl (C=O) groups is 2. The minimum absolute atomic E-state index is 0.0499. The van der Waals surface area contributed by atoms with E-state index in [1.807, 2.05) is 28.8 Å². The number of hydrogen-bond acceptors (Lipinski definition) is 5. The fraction of sp³-hybridized carbons (Fsp3) is 0.167. The summed E-state index contributed by atoms with van der Waals surface area (Å²) in [5.74, 6) is -0.410. The Bertz CT molecular complexity index is 1150. The normalized spacial score (nSPS) is 16.0. The van der Waals surface area contributed by atoms with E-state index < -0.39 is 15.9 Å². The molecule has 0 spiro atoms. The molecular weight excluding hydrogens is 368 g/mol. The molecule has 1 aromatic carbocycles. The van der Waals surface area contributed by atoms with Crippen molar-refractivity contribution >= 4 is 33.0 Å². The average Bonchev–Trinajstić information content (AvgIpc) is 3.20. The molecule has 0 bridgehead atoms. The van der Waals surface area contributed by atoms with Gasteiger partial charge in [-0.3, -0.25) is 9.59 Å². The highest BCUT2D eigenvalue weighted by Crippen LogP contribution is 2.25. The van der Waals surface area contributed by atoms with E-state index in [-0.39, 0.29) is 35.9 Å². The summed E-state index contributed by atoms with van der Waals surface area (Å²) in [6, 6.07) is 11.7. The Balaban J connectivity index is 1.54. The zero-order valence-corrected chi connectivity index (χ0v) is 15.0. The molecule has 0 aliphatic carbocycles. The molecule has 1 N–H and O–H groups in total. The minimum atomic E-state index is -3.67. The molecule has 8 nitrogen and oxygen atoms in total. The number of carbonyl (C=O) groups excluding carboxylic acids is 2. The van der Waals surface area contributed by atoms with E-state index in [1.165, 1.54) is 12.1 Å². The Kier molecular flexibility index (Phi) is 4.15. The molecule has 0 radical (unpaired) electrons. The number of nitrogens with one attached hydrogen (secondary N) is 1. The standard InChI is InChI=1S/C18H16N4O4S/c23-17-7-9-27(25,26)22(17)14-6-3-4-13(10-14)18(24)20-12-16-19-11-15-5-1-2-8-21(15)16/h1-6,8,10-11H,7,9,12H2,(H,20,24). The first kappa shape index (κ1) is 17.2. The van der Waals surface area contributed by atoms with Gasteiger partial charge in [0.25, 0.3) is 5.91 Å². The number of anilines is 1. The first-order chi connectivity index (χ1) is 13.0. The van der Waals surface area contributed by atoms with Crippen LogP contribution in [-0.2, 0) is 21.4 Å². The van der Waals surface area contributed by atoms with Crippen molar-refractivity contribution in [2.75, 3.05) is 10.1 Å². The quantitative estimate of drug-likeness (QED) is 0.731. The van der Waals surface area contributed by atoms with Crippen molar-refractivity contribution in [3.05, 3.63) is 66.2 Å². The first-order valence-corrected chi connectivity index (χ1v) is 9.92. The number of rotatable bonds is 4. The van der Waals surface area contributed by atoms with Crippen LogP contribution < -0.4 is 9.62 Å². The van der Waals surface area contributed by atoms with Gasteiger partial charge in [-0.15, -0.1) is 0 Å². The summed E-state index contributed by atoms with van der Waals surface area (Å²) in [5, 5.41) is 2.77. The molecule has 4 rings (SSSR count). The van der Waals surface area contributed by atoms with Gasteiger partial charge in [0.1, 0.15) is 5.82 Å². The molecule has 9 heteroatoms. The van der Waals surface area contributed by atoms with Crippen molar-refractivity contribution in [3.8, 4) is 0 Å². The van der Waals surface area contributed by atoms with Gasteiger partial charge in [-0.05, 0) is 30.3 Å². The number of aromatic nitrogens is 2. The summed E-state index contributed by atoms with van der Waals surface area (Å²) in [7, 11) is -3.67. The van der Waals surface area contributed by atoms with E-state index >= 15 is 0 Å². The average molecular weight is 384 g/mol. The largest absolute Gasteiger partial charge is 0.345 e. The molecule has 27 heavy (non-hydrogen) atoms. The van der Waals surface area contributed by atoms with Gasteiger partial charge >= 0.3 is 0 Å². The highest BCUT2D eigenvalue weighted by atomic mass is 32.2. The van der Waals surface area contributed by atoms with Gasteiger partial charge < -0.3 is 9.72 Å². The Morgan fingerprint density at radius 3 is 2.81 bits per heavy atom. The Morgan fingerprint density at radius 2 is 2.04 bits per heavy atom. The van der Waals surface area contributed by atoms with Crippen LogP contribution in [0.15, 0.2) is 54.9 Å². The maximum Gasteiger partial charge on any atom is 0.251 e. The second kappa shape index (κ2) is 6.51. The summed E-state index contributed by atoms with van der Waals surface area (Å²) in [5.41, 5.74) is 1.36. The van der Waals surface area contributed by atoms with Crippen molar-refractivity contribution in [3.63, 3.8) is 0 Å². The van der Waals surface area contributed by atoms with Crippen molar-refractivity contribution in [2.45, 2.75) is 13.0 Å². The van der Waals surface area contributed by atoms with Crippen LogP contribution in [0.3, 0.4) is 0 Å². The van der Waals surface area contributed by atoms with Gasteiger partial charge in [0.15, 0.2) is 0 Å². The lowest BCUT2D eigenvalue weighted by Crippen LogP contribution is -2.30. The summed E-state index contributed by atoms with van der Waals surface area (Å²) in [4.78, 5) is 28.7. The molecular formula is C18H16N4O4S. The highest BCUT2D eigenvalue weighted by Gasteiger charge is 2.36. The lowest BCUT2D eigenvalue weighted by Gasteiger charge is -2.15. The molecule has 1 fully saturated rings. The Hall–Kier alpha value is -3.20. The number of sulfonamides is 1. The topological polar surface area (TPSA) is 101 Å². The summed E-state index contributed by atoms with van der Waals surface area (Å²) in [6.45, 7) is 0.211. The zero-order valence-electron chi connectivity index (χ0n) is 14.2. The fourth-order valence-corrected chi connectivity index (χ4v) is 4.49. The van der Waals surface area contributed by atoms with E-state index in [9.17, 15) is 18.0 Å². The van der Waals surface area contributed by atoms with Crippen LogP contribution >= 0.6 is 0 Å². The molecule has 0 atom stereocenters. The number of hydrogen-bond donors (Lipinski definition) is 1. The van der Waals surface area contributed by atoms with Crippen LogP contribution in [0.2, 0.25) is 0 Å². The molecule has 1 aliphatic rings. The zero-order chi connectivity index (χ0) is 19.0. The van der Waals surface area contributed by atoms with E-state index in [0.717, 1.165) is 9.82 Å². The Morgan fingerprint density at radius 1 is 1.19 bits per heavy atom. The predicted molar refractivity (Wildman–Crippen MR) is 98.7 cm³/mol. The van der Waals surface area contributed by atoms with Gasteiger partial charge in [0.2, 0.25) is 15.9 Å². The van der Waals surface area contributed by atoms with E-state index in [0.29, 0.717) is 5.82 Å². The lowest BCUT2D eigenvalue weighted by atomic mass is 10.2. The SMILES string of the molecule is O=C(NCc1ncc2ccccn12)c1cccc(N2C(=O)CCS2(=O)=O)c1. The molecule has 3 aromatic rings. The molecule has 3 heterocycles. The van der Waals surface area contributed by atoms with Crippen LogP contribution in [0.5, 0.6) is 0 Å². The van der Waals surface area contributed by atoms with Gasteiger partial charge in [-0.2, -0.15) is 0 Å². The number of imidazole rings is 1. The number of benzene rings is 1. The fourth-order valence-electron chi connectivity index (χ4n) is 3.03. The number of fused-ring (bicyclic) bond motifs is 1. The molecule has 1 saturated heterocycles. The van der Waals surface area contributed by atoms with Crippen LogP contribution in [0, 0.1) is 0 Å². The Labute approximate surface area is 155 Å². The number of pyridine rings is 1. The molecule has 138 valence electrons. The van der Waals surface area contributed by atoms with Crippen molar-refractivity contribution < 1.29 is 18.0 Å². The smallest absolute Gasteiger partial charge is 0.251 e. The van der Waals surface area contributed by atoms with Gasteiger partial charge in [-0.25, -0.2) is 17.7 Å². The van der Waals surface area contributed by atoms with Crippen molar-refractivity contribution in [1.29, 1.82) is 0 Å². The van der Waals surface area contributed by atoms with Crippen molar-refractivity contribution in [1.82, 2.24) is 14.7 Å². The third kappa shape index (κ3) is 3.17. The third-order valence-corrected chi connectivity index (χ3v) is 6.03. The third-order valence-electron chi connectivity index (χ3n) is 4.34. The number of nitrogens with zero attached hydrogens (tertiary/aromatic N) is 3. The monoisotopic (exact) mass is 384 g/mol. The minimum Gasteiger partial charge on any atom is -0.345 e. The second-order valence-corrected chi connectivity index (χ2v) is 8.06. The second-order valence-electron chi connectivity index (χ2n) is 6.13. The first-order valence-electron chi connectivity index (χ1n) is 8.31. The van der Waals surface area contributed by atoms with Crippen LogP contribution in [0.25, 0.3) is 5.52 Å². The van der Waals surface area contributed by atoms with Gasteiger partial charge in [0, 0.05) is 18.2 Å². The summed E-state index contributed by atoms with van der Waals surface area (Å²) in [6.07, 6.45) is 3.52. The van der Waals surface area contributed by atoms with Crippen LogP contribution in [-0.4, -0.2) is 35.4 Å². The molecule has 0 unspecified atom stereocenters. The molecule has 1 aliphatic heterocycles. The summed E-state index contributed by atoms with van der Waals surface area (Å²) < 4.78 is 26.7. The van der Waals surface area contributed by atoms with E-state index in [1.54, 1.807) is 18.3 Å². The van der Waals surface area contributed by atoms with Crippen LogP contribution in [0.4, 0.5) is 5.69 Å². The highest BCUT2D eigenvalue weighted by molar-refractivity contribution is 7.94. The van der Waals surface area contributed by atoms with Gasteiger partial charge in [0.05, 0.1) is 29.7 Å². The predicted octanol–water partition coefficient (Wildman–Crippen LogP) is 1.33. The molecule has 2 amide bonds. The lowest BCUT2D eigenvalue weighted by molar-refractivity contribution is -0.116. The van der Waals surface area contributed by atoms with Crippen molar-refractivity contribution in [2.24, 2.45) is 0 Å².